The molecule has 0 saturated heterocycles. The van der Waals surface area contributed by atoms with Gasteiger partial charge in [-0.2, -0.15) is 0 Å². The van der Waals surface area contributed by atoms with Gasteiger partial charge in [0.1, 0.15) is 0 Å². The van der Waals surface area contributed by atoms with E-state index in [2.05, 4.69) is 31.9 Å². The lowest BCUT2D eigenvalue weighted by molar-refractivity contribution is 0.238. The second kappa shape index (κ2) is 15.4. The van der Waals surface area contributed by atoms with Crippen molar-refractivity contribution in [1.29, 1.82) is 0 Å². The standard InChI is InChI=1S/C27H33N7O3/c35-25(31-22-10-4-1-5-11-22)28-16-19-34(20-17-29-26(36)32-23-12-6-2-7-13-23)21-18-30-27(37)33-24-14-8-3-9-15-24/h1-15H,16-21H2,(H2,28,31,35)(H2,29,32,36)(H2,30,33,37). The van der Waals surface area contributed by atoms with Crippen LogP contribution in [0.2, 0.25) is 0 Å². The van der Waals surface area contributed by atoms with Crippen molar-refractivity contribution in [3.05, 3.63) is 91.0 Å². The summed E-state index contributed by atoms with van der Waals surface area (Å²) in [5, 5.41) is 16.8. The van der Waals surface area contributed by atoms with E-state index in [4.69, 9.17) is 0 Å². The molecule has 0 aliphatic heterocycles. The van der Waals surface area contributed by atoms with E-state index in [1.54, 1.807) is 0 Å². The lowest BCUT2D eigenvalue weighted by atomic mass is 10.3. The van der Waals surface area contributed by atoms with Crippen LogP contribution < -0.4 is 31.9 Å². The van der Waals surface area contributed by atoms with E-state index >= 15 is 0 Å². The van der Waals surface area contributed by atoms with E-state index in [1.165, 1.54) is 0 Å². The average Bonchev–Trinajstić information content (AvgIpc) is 2.90. The van der Waals surface area contributed by atoms with Crippen LogP contribution in [0.15, 0.2) is 91.0 Å². The molecule has 0 radical (unpaired) electrons. The molecule has 3 rings (SSSR count). The number of urea groups is 3. The number of hydrogen-bond acceptors (Lipinski definition) is 4. The van der Waals surface area contributed by atoms with E-state index in [0.717, 1.165) is 0 Å². The molecule has 6 amide bonds. The lowest BCUT2D eigenvalue weighted by Crippen LogP contribution is -2.44. The molecule has 0 spiro atoms. The minimum absolute atomic E-state index is 0.299. The van der Waals surface area contributed by atoms with E-state index in [9.17, 15) is 14.4 Å². The van der Waals surface area contributed by atoms with Gasteiger partial charge in [0.2, 0.25) is 0 Å². The van der Waals surface area contributed by atoms with Crippen LogP contribution in [0.25, 0.3) is 0 Å². The molecule has 37 heavy (non-hydrogen) atoms. The summed E-state index contributed by atoms with van der Waals surface area (Å²) in [4.78, 5) is 38.6. The first kappa shape index (κ1) is 27.0. The number of nitrogens with one attached hydrogen (secondary N) is 6. The van der Waals surface area contributed by atoms with Crippen LogP contribution in [-0.2, 0) is 0 Å². The fourth-order valence-electron chi connectivity index (χ4n) is 3.41. The van der Waals surface area contributed by atoms with Crippen molar-refractivity contribution in [1.82, 2.24) is 20.9 Å². The second-order valence-electron chi connectivity index (χ2n) is 8.08. The lowest BCUT2D eigenvalue weighted by Gasteiger charge is -2.23. The zero-order chi connectivity index (χ0) is 26.1. The summed E-state index contributed by atoms with van der Waals surface area (Å²) < 4.78 is 0. The third-order valence-electron chi connectivity index (χ3n) is 5.24. The Kier molecular flexibility index (Phi) is 11.3. The molecule has 0 fully saturated rings. The van der Waals surface area contributed by atoms with Crippen LogP contribution >= 0.6 is 0 Å². The van der Waals surface area contributed by atoms with E-state index in [0.29, 0.717) is 56.3 Å². The summed E-state index contributed by atoms with van der Waals surface area (Å²) in [5.74, 6) is 0. The maximum absolute atomic E-state index is 12.2. The van der Waals surface area contributed by atoms with Gasteiger partial charge in [0.05, 0.1) is 0 Å². The monoisotopic (exact) mass is 503 g/mol. The Morgan fingerprint density at radius 1 is 0.459 bits per heavy atom. The number of nitrogens with zero attached hydrogens (tertiary/aromatic N) is 1. The van der Waals surface area contributed by atoms with Gasteiger partial charge in [-0.15, -0.1) is 0 Å². The predicted octanol–water partition coefficient (Wildman–Crippen LogP) is 3.75. The van der Waals surface area contributed by atoms with Crippen molar-refractivity contribution in [3.63, 3.8) is 0 Å². The highest BCUT2D eigenvalue weighted by molar-refractivity contribution is 5.90. The maximum atomic E-state index is 12.2. The molecular formula is C27H33N7O3. The predicted molar refractivity (Wildman–Crippen MR) is 147 cm³/mol. The number of amides is 6. The zero-order valence-corrected chi connectivity index (χ0v) is 20.6. The highest BCUT2D eigenvalue weighted by atomic mass is 16.2. The Bertz CT molecular complexity index is 957. The van der Waals surface area contributed by atoms with Gasteiger partial charge >= 0.3 is 18.1 Å². The zero-order valence-electron chi connectivity index (χ0n) is 20.6. The van der Waals surface area contributed by atoms with Gasteiger partial charge in [-0.05, 0) is 36.4 Å². The van der Waals surface area contributed by atoms with Crippen molar-refractivity contribution in [2.45, 2.75) is 0 Å². The number of para-hydroxylation sites is 3. The summed E-state index contributed by atoms with van der Waals surface area (Å²) >= 11 is 0. The van der Waals surface area contributed by atoms with Crippen LogP contribution in [0.1, 0.15) is 0 Å². The van der Waals surface area contributed by atoms with Gasteiger partial charge < -0.3 is 31.9 Å². The largest absolute Gasteiger partial charge is 0.337 e. The summed E-state index contributed by atoms with van der Waals surface area (Å²) in [7, 11) is 0. The Balaban J connectivity index is 1.42. The van der Waals surface area contributed by atoms with Crippen molar-refractivity contribution in [2.75, 3.05) is 55.2 Å². The van der Waals surface area contributed by atoms with Crippen LogP contribution in [0, 0.1) is 0 Å². The molecule has 194 valence electrons. The van der Waals surface area contributed by atoms with Crippen molar-refractivity contribution < 1.29 is 14.4 Å². The molecule has 10 nitrogen and oxygen atoms in total. The number of benzene rings is 3. The molecule has 10 heteroatoms. The number of carbonyl (C=O) groups excluding carboxylic acids is 3. The molecule has 0 aromatic heterocycles. The molecule has 0 bridgehead atoms. The SMILES string of the molecule is O=C(NCCN(CCNC(=O)Nc1ccccc1)CCNC(=O)Nc1ccccc1)Nc1ccccc1. The van der Waals surface area contributed by atoms with E-state index in [-0.39, 0.29) is 18.1 Å². The Labute approximate surface area is 216 Å². The first-order valence-electron chi connectivity index (χ1n) is 12.1. The minimum atomic E-state index is -0.299. The molecule has 0 unspecified atom stereocenters. The van der Waals surface area contributed by atoms with E-state index in [1.807, 2.05) is 95.9 Å². The highest BCUT2D eigenvalue weighted by Gasteiger charge is 2.09. The van der Waals surface area contributed by atoms with Gasteiger partial charge in [-0.3, -0.25) is 4.90 Å². The maximum Gasteiger partial charge on any atom is 0.319 e. The Morgan fingerprint density at radius 2 is 0.730 bits per heavy atom. The van der Waals surface area contributed by atoms with Gasteiger partial charge in [0.25, 0.3) is 0 Å². The van der Waals surface area contributed by atoms with Crippen LogP contribution in [0.4, 0.5) is 31.4 Å². The molecule has 0 heterocycles. The van der Waals surface area contributed by atoms with Crippen LogP contribution in [-0.4, -0.2) is 62.3 Å². The first-order valence-corrected chi connectivity index (χ1v) is 12.1. The summed E-state index contributed by atoms with van der Waals surface area (Å²) in [5.41, 5.74) is 2.12. The third-order valence-corrected chi connectivity index (χ3v) is 5.24. The van der Waals surface area contributed by atoms with Crippen molar-refractivity contribution >= 4 is 35.2 Å². The van der Waals surface area contributed by atoms with E-state index < -0.39 is 0 Å². The number of hydrogen-bond donors (Lipinski definition) is 6. The van der Waals surface area contributed by atoms with Gasteiger partial charge in [-0.1, -0.05) is 54.6 Å². The summed E-state index contributed by atoms with van der Waals surface area (Å²) in [6, 6.07) is 26.7. The van der Waals surface area contributed by atoms with Gasteiger partial charge in [-0.25, -0.2) is 14.4 Å². The normalized spacial score (nSPS) is 10.3. The third kappa shape index (κ3) is 11.1. The molecule has 0 atom stereocenters. The molecule has 0 aliphatic carbocycles. The van der Waals surface area contributed by atoms with Gasteiger partial charge in [0, 0.05) is 56.3 Å². The van der Waals surface area contributed by atoms with Crippen molar-refractivity contribution in [3.8, 4) is 0 Å². The topological polar surface area (TPSA) is 127 Å². The molecule has 0 aliphatic rings. The molecule has 3 aromatic rings. The molecular weight excluding hydrogens is 470 g/mol. The number of anilines is 3. The summed E-state index contributed by atoms with van der Waals surface area (Å²) in [6.45, 7) is 2.78. The fourth-order valence-corrected chi connectivity index (χ4v) is 3.41. The number of rotatable bonds is 12. The van der Waals surface area contributed by atoms with Crippen molar-refractivity contribution in [2.24, 2.45) is 0 Å². The van der Waals surface area contributed by atoms with Crippen LogP contribution in [0.5, 0.6) is 0 Å². The highest BCUT2D eigenvalue weighted by Crippen LogP contribution is 2.05. The fraction of sp³-hybridized carbons (Fsp3) is 0.222. The first-order chi connectivity index (χ1) is 18.1. The summed E-state index contributed by atoms with van der Waals surface area (Å²) in [6.07, 6.45) is 0. The average molecular weight is 504 g/mol. The van der Waals surface area contributed by atoms with Crippen LogP contribution in [0.3, 0.4) is 0 Å². The quantitative estimate of drug-likeness (QED) is 0.225. The van der Waals surface area contributed by atoms with Gasteiger partial charge in [0.15, 0.2) is 0 Å². The minimum Gasteiger partial charge on any atom is -0.337 e. The molecule has 3 aromatic carbocycles. The second-order valence-corrected chi connectivity index (χ2v) is 8.08. The molecule has 0 saturated carbocycles. The molecule has 6 N–H and O–H groups in total. The smallest absolute Gasteiger partial charge is 0.319 e. The number of carbonyl (C=O) groups is 3. The Hall–Kier alpha value is -4.57. The Morgan fingerprint density at radius 3 is 1.00 bits per heavy atom.